The maximum atomic E-state index is 12.8. The molecule has 140 valence electrons. The summed E-state index contributed by atoms with van der Waals surface area (Å²) in [7, 11) is 0. The van der Waals surface area contributed by atoms with Crippen molar-refractivity contribution in [2.75, 3.05) is 19.6 Å². The third-order valence-electron chi connectivity index (χ3n) is 5.35. The minimum atomic E-state index is -0.181. The quantitative estimate of drug-likeness (QED) is 0.678. The second kappa shape index (κ2) is 7.75. The molecule has 4 rings (SSSR count). The standard InChI is InChI=1S/C22H23ClN2O2/c1-15-16-8-3-5-11-20(16)27-21(15)22(26)24-14-19(25-12-6-7-13-25)17-9-2-4-10-18(17)23/h2-5,8-11,19H,6-7,12-14H2,1H3,(H,24,26)/t19-/m1/s1. The zero-order valence-electron chi connectivity index (χ0n) is 15.4. The van der Waals surface area contributed by atoms with Gasteiger partial charge < -0.3 is 9.73 Å². The first-order valence-corrected chi connectivity index (χ1v) is 9.78. The van der Waals surface area contributed by atoms with Crippen molar-refractivity contribution in [1.82, 2.24) is 10.2 Å². The summed E-state index contributed by atoms with van der Waals surface area (Å²) in [6, 6.07) is 15.7. The molecule has 27 heavy (non-hydrogen) atoms. The Hall–Kier alpha value is -2.30. The Labute approximate surface area is 164 Å². The van der Waals surface area contributed by atoms with E-state index in [2.05, 4.69) is 10.2 Å². The van der Waals surface area contributed by atoms with Gasteiger partial charge in [-0.2, -0.15) is 0 Å². The largest absolute Gasteiger partial charge is 0.451 e. The SMILES string of the molecule is Cc1c(C(=O)NC[C@H](c2ccccc2Cl)N2CCCC2)oc2ccccc12. The number of hydrogen-bond donors (Lipinski definition) is 1. The first kappa shape index (κ1) is 18.1. The number of para-hydroxylation sites is 1. The normalized spacial score (nSPS) is 15.9. The third-order valence-corrected chi connectivity index (χ3v) is 5.70. The van der Waals surface area contributed by atoms with Gasteiger partial charge in [-0.05, 0) is 50.6 Å². The van der Waals surface area contributed by atoms with E-state index < -0.39 is 0 Å². The summed E-state index contributed by atoms with van der Waals surface area (Å²) in [5.41, 5.74) is 2.67. The maximum absolute atomic E-state index is 12.8. The first-order valence-electron chi connectivity index (χ1n) is 9.40. The highest BCUT2D eigenvalue weighted by molar-refractivity contribution is 6.31. The van der Waals surface area contributed by atoms with Crippen LogP contribution in [0.15, 0.2) is 52.9 Å². The van der Waals surface area contributed by atoms with Crippen LogP contribution in [-0.2, 0) is 0 Å². The summed E-state index contributed by atoms with van der Waals surface area (Å²) in [6.45, 7) is 4.47. The van der Waals surface area contributed by atoms with Crippen LogP contribution >= 0.6 is 11.6 Å². The van der Waals surface area contributed by atoms with Gasteiger partial charge in [0.1, 0.15) is 5.58 Å². The molecule has 0 saturated carbocycles. The van der Waals surface area contributed by atoms with E-state index in [0.717, 1.165) is 40.2 Å². The van der Waals surface area contributed by atoms with Crippen molar-refractivity contribution in [2.24, 2.45) is 0 Å². The Kier molecular flexibility index (Phi) is 5.19. The van der Waals surface area contributed by atoms with Crippen molar-refractivity contribution < 1.29 is 9.21 Å². The highest BCUT2D eigenvalue weighted by atomic mass is 35.5. The lowest BCUT2D eigenvalue weighted by Crippen LogP contribution is -2.37. The first-order chi connectivity index (χ1) is 13.1. The molecule has 1 aromatic heterocycles. The number of fused-ring (bicyclic) bond motifs is 1. The number of rotatable bonds is 5. The van der Waals surface area contributed by atoms with Crippen LogP contribution in [-0.4, -0.2) is 30.4 Å². The lowest BCUT2D eigenvalue weighted by molar-refractivity contribution is 0.0911. The number of aryl methyl sites for hydroxylation is 1. The van der Waals surface area contributed by atoms with Crippen LogP contribution in [0.2, 0.25) is 5.02 Å². The Morgan fingerprint density at radius 2 is 1.85 bits per heavy atom. The number of benzene rings is 2. The van der Waals surface area contributed by atoms with Gasteiger partial charge in [-0.1, -0.05) is 48.0 Å². The molecule has 1 saturated heterocycles. The molecule has 0 unspecified atom stereocenters. The van der Waals surface area contributed by atoms with Crippen molar-refractivity contribution >= 4 is 28.5 Å². The average molecular weight is 383 g/mol. The van der Waals surface area contributed by atoms with E-state index >= 15 is 0 Å². The molecular weight excluding hydrogens is 360 g/mol. The number of likely N-dealkylation sites (tertiary alicyclic amines) is 1. The van der Waals surface area contributed by atoms with Gasteiger partial charge in [0.15, 0.2) is 5.76 Å². The van der Waals surface area contributed by atoms with Gasteiger partial charge in [-0.25, -0.2) is 0 Å². The van der Waals surface area contributed by atoms with Gasteiger partial charge in [0.05, 0.1) is 6.04 Å². The van der Waals surface area contributed by atoms with Crippen molar-refractivity contribution in [3.8, 4) is 0 Å². The second-order valence-electron chi connectivity index (χ2n) is 7.04. The number of nitrogens with zero attached hydrogens (tertiary/aromatic N) is 1. The van der Waals surface area contributed by atoms with E-state index in [1.807, 2.05) is 55.5 Å². The number of halogens is 1. The molecule has 4 nitrogen and oxygen atoms in total. The minimum absolute atomic E-state index is 0.0647. The zero-order valence-corrected chi connectivity index (χ0v) is 16.1. The average Bonchev–Trinajstić information content (AvgIpc) is 3.32. The highest BCUT2D eigenvalue weighted by Crippen LogP contribution is 2.30. The molecule has 2 heterocycles. The molecule has 1 aliphatic rings. The van der Waals surface area contributed by atoms with E-state index in [9.17, 15) is 4.79 Å². The summed E-state index contributed by atoms with van der Waals surface area (Å²) in [5, 5.41) is 4.79. The lowest BCUT2D eigenvalue weighted by atomic mass is 10.1. The molecule has 1 aliphatic heterocycles. The molecule has 1 N–H and O–H groups in total. The number of carbonyl (C=O) groups is 1. The van der Waals surface area contributed by atoms with Crippen molar-refractivity contribution in [3.63, 3.8) is 0 Å². The maximum Gasteiger partial charge on any atom is 0.287 e. The number of nitrogens with one attached hydrogen (secondary N) is 1. The van der Waals surface area contributed by atoms with Crippen molar-refractivity contribution in [3.05, 3.63) is 70.4 Å². The van der Waals surface area contributed by atoms with E-state index in [1.54, 1.807) is 0 Å². The molecule has 2 aromatic carbocycles. The summed E-state index contributed by atoms with van der Waals surface area (Å²) in [5.74, 6) is 0.204. The van der Waals surface area contributed by atoms with Crippen LogP contribution in [0.3, 0.4) is 0 Å². The summed E-state index contributed by atoms with van der Waals surface area (Å²) < 4.78 is 5.80. The fourth-order valence-corrected chi connectivity index (χ4v) is 4.16. The van der Waals surface area contributed by atoms with Crippen LogP contribution in [0, 0.1) is 6.92 Å². The Balaban J connectivity index is 1.55. The molecule has 1 atom stereocenters. The highest BCUT2D eigenvalue weighted by Gasteiger charge is 2.26. The predicted molar refractivity (Wildman–Crippen MR) is 108 cm³/mol. The van der Waals surface area contributed by atoms with Gasteiger partial charge in [0.2, 0.25) is 0 Å². The van der Waals surface area contributed by atoms with Crippen LogP contribution < -0.4 is 5.32 Å². The van der Waals surface area contributed by atoms with Gasteiger partial charge in [0, 0.05) is 22.5 Å². The Morgan fingerprint density at radius 1 is 1.15 bits per heavy atom. The number of furan rings is 1. The topological polar surface area (TPSA) is 45.5 Å². The number of hydrogen-bond acceptors (Lipinski definition) is 3. The van der Waals surface area contributed by atoms with Crippen LogP contribution in [0.4, 0.5) is 0 Å². The van der Waals surface area contributed by atoms with Crippen molar-refractivity contribution in [1.29, 1.82) is 0 Å². The van der Waals surface area contributed by atoms with E-state index in [-0.39, 0.29) is 11.9 Å². The van der Waals surface area contributed by atoms with Crippen molar-refractivity contribution in [2.45, 2.75) is 25.8 Å². The smallest absolute Gasteiger partial charge is 0.287 e. The van der Waals surface area contributed by atoms with E-state index in [0.29, 0.717) is 12.3 Å². The fourth-order valence-electron chi connectivity index (χ4n) is 3.89. The van der Waals surface area contributed by atoms with Gasteiger partial charge in [0.25, 0.3) is 5.91 Å². The molecule has 1 fully saturated rings. The summed E-state index contributed by atoms with van der Waals surface area (Å²) in [6.07, 6.45) is 2.36. The monoisotopic (exact) mass is 382 g/mol. The van der Waals surface area contributed by atoms with Gasteiger partial charge in [-0.3, -0.25) is 9.69 Å². The van der Waals surface area contributed by atoms with Crippen LogP contribution in [0.25, 0.3) is 11.0 Å². The molecule has 0 aliphatic carbocycles. The molecule has 1 amide bonds. The third kappa shape index (κ3) is 3.60. The summed E-state index contributed by atoms with van der Waals surface area (Å²) >= 11 is 6.45. The predicted octanol–water partition coefficient (Wildman–Crippen LogP) is 4.96. The molecule has 5 heteroatoms. The second-order valence-corrected chi connectivity index (χ2v) is 7.45. The fraction of sp³-hybridized carbons (Fsp3) is 0.318. The van der Waals surface area contributed by atoms with Crippen LogP contribution in [0.5, 0.6) is 0 Å². The van der Waals surface area contributed by atoms with Gasteiger partial charge in [-0.15, -0.1) is 0 Å². The summed E-state index contributed by atoms with van der Waals surface area (Å²) in [4.78, 5) is 15.2. The van der Waals surface area contributed by atoms with E-state index in [4.69, 9.17) is 16.0 Å². The molecular formula is C22H23ClN2O2. The number of amides is 1. The molecule has 3 aromatic rings. The lowest BCUT2D eigenvalue weighted by Gasteiger charge is -2.28. The molecule has 0 bridgehead atoms. The van der Waals surface area contributed by atoms with E-state index in [1.165, 1.54) is 12.8 Å². The Bertz CT molecular complexity index is 960. The molecule has 0 radical (unpaired) electrons. The van der Waals surface area contributed by atoms with Crippen LogP contribution in [0.1, 0.15) is 40.6 Å². The zero-order chi connectivity index (χ0) is 18.8. The number of carbonyl (C=O) groups excluding carboxylic acids is 1. The minimum Gasteiger partial charge on any atom is -0.451 e. The Morgan fingerprint density at radius 3 is 2.59 bits per heavy atom. The molecule has 0 spiro atoms. The van der Waals surface area contributed by atoms with Gasteiger partial charge >= 0.3 is 0 Å².